The van der Waals surface area contributed by atoms with Crippen LogP contribution in [0.25, 0.3) is 0 Å². The van der Waals surface area contributed by atoms with E-state index in [4.69, 9.17) is 0 Å². The molecule has 1 N–H and O–H groups in total. The number of nitrogens with one attached hydrogen (secondary N) is 1. The first-order chi connectivity index (χ1) is 10.2. The summed E-state index contributed by atoms with van der Waals surface area (Å²) >= 11 is 0. The van der Waals surface area contributed by atoms with Crippen molar-refractivity contribution in [1.82, 2.24) is 4.90 Å². The van der Waals surface area contributed by atoms with E-state index in [1.54, 1.807) is 4.90 Å². The van der Waals surface area contributed by atoms with Crippen LogP contribution in [0.4, 0.5) is 11.4 Å². The minimum absolute atomic E-state index is 0.0425. The number of amides is 2. The van der Waals surface area contributed by atoms with Gasteiger partial charge in [-0.15, -0.1) is 0 Å². The van der Waals surface area contributed by atoms with Gasteiger partial charge >= 0.3 is 0 Å². The molecule has 3 rings (SSSR count). The summed E-state index contributed by atoms with van der Waals surface area (Å²) in [5, 5.41) is 3.18. The maximum absolute atomic E-state index is 12.4. The van der Waals surface area contributed by atoms with Crippen molar-refractivity contribution in [2.24, 2.45) is 0 Å². The first-order valence-electron chi connectivity index (χ1n) is 7.61. The molecule has 0 spiro atoms. The van der Waals surface area contributed by atoms with Crippen LogP contribution in [0.2, 0.25) is 0 Å². The van der Waals surface area contributed by atoms with Crippen molar-refractivity contribution in [3.8, 4) is 0 Å². The van der Waals surface area contributed by atoms with Gasteiger partial charge < -0.3 is 10.2 Å². The van der Waals surface area contributed by atoms with E-state index >= 15 is 0 Å². The lowest BCUT2D eigenvalue weighted by molar-refractivity contribution is -0.132. The Morgan fingerprint density at radius 3 is 2.71 bits per heavy atom. The van der Waals surface area contributed by atoms with Crippen LogP contribution in [0.5, 0.6) is 0 Å². The number of benzene rings is 1. The topological polar surface area (TPSA) is 52.7 Å². The van der Waals surface area contributed by atoms with Gasteiger partial charge in [0, 0.05) is 13.1 Å². The molecule has 21 heavy (non-hydrogen) atoms. The molecule has 1 fully saturated rings. The van der Waals surface area contributed by atoms with Crippen LogP contribution >= 0.6 is 0 Å². The van der Waals surface area contributed by atoms with Gasteiger partial charge in [0.2, 0.25) is 11.8 Å². The van der Waals surface area contributed by atoms with Crippen LogP contribution in [-0.2, 0) is 9.59 Å². The highest BCUT2D eigenvalue weighted by Crippen LogP contribution is 2.31. The second-order valence-corrected chi connectivity index (χ2v) is 5.75. The van der Waals surface area contributed by atoms with Crippen molar-refractivity contribution in [1.29, 1.82) is 0 Å². The van der Waals surface area contributed by atoms with Gasteiger partial charge in [-0.3, -0.25) is 14.5 Å². The molecule has 0 aliphatic carbocycles. The number of likely N-dealkylation sites (tertiary alicyclic amines) is 1. The zero-order chi connectivity index (χ0) is 14.8. The third-order valence-corrected chi connectivity index (χ3v) is 4.21. The molecule has 2 aliphatic rings. The second kappa shape index (κ2) is 5.76. The fraction of sp³-hybridized carbons (Fsp3) is 0.500. The Labute approximate surface area is 124 Å². The molecule has 1 unspecified atom stereocenters. The van der Waals surface area contributed by atoms with Crippen LogP contribution in [0.1, 0.15) is 26.2 Å². The van der Waals surface area contributed by atoms with Crippen LogP contribution in [-0.4, -0.2) is 42.4 Å². The average Bonchev–Trinajstić information content (AvgIpc) is 2.52. The molecule has 1 aromatic carbocycles. The lowest BCUT2D eigenvalue weighted by Crippen LogP contribution is -2.51. The quantitative estimate of drug-likeness (QED) is 0.903. The van der Waals surface area contributed by atoms with E-state index in [1.165, 1.54) is 6.42 Å². The Morgan fingerprint density at radius 2 is 1.95 bits per heavy atom. The monoisotopic (exact) mass is 287 g/mol. The van der Waals surface area contributed by atoms with Gasteiger partial charge in [-0.25, -0.2) is 0 Å². The van der Waals surface area contributed by atoms with Crippen molar-refractivity contribution < 1.29 is 9.59 Å². The summed E-state index contributed by atoms with van der Waals surface area (Å²) in [5.41, 5.74) is 1.71. The maximum Gasteiger partial charge on any atom is 0.249 e. The van der Waals surface area contributed by atoms with Crippen LogP contribution in [0.3, 0.4) is 0 Å². The molecule has 2 aliphatic heterocycles. The molecular formula is C16H21N3O2. The molecule has 2 amide bonds. The van der Waals surface area contributed by atoms with Gasteiger partial charge in [0.05, 0.1) is 11.4 Å². The smallest absolute Gasteiger partial charge is 0.249 e. The van der Waals surface area contributed by atoms with Gasteiger partial charge in [0.15, 0.2) is 0 Å². The summed E-state index contributed by atoms with van der Waals surface area (Å²) in [4.78, 5) is 28.3. The Morgan fingerprint density at radius 1 is 1.24 bits per heavy atom. The van der Waals surface area contributed by atoms with E-state index in [0.29, 0.717) is 0 Å². The molecule has 1 saturated heterocycles. The highest BCUT2D eigenvalue weighted by molar-refractivity contribution is 6.07. The minimum atomic E-state index is -0.297. The number of rotatable bonds is 2. The van der Waals surface area contributed by atoms with E-state index in [-0.39, 0.29) is 24.4 Å². The zero-order valence-electron chi connectivity index (χ0n) is 12.3. The van der Waals surface area contributed by atoms with Gasteiger partial charge in [0.1, 0.15) is 12.6 Å². The molecule has 2 heterocycles. The third-order valence-electron chi connectivity index (χ3n) is 4.21. The molecule has 0 saturated carbocycles. The van der Waals surface area contributed by atoms with Gasteiger partial charge in [-0.2, -0.15) is 0 Å². The van der Waals surface area contributed by atoms with Gasteiger partial charge in [-0.05, 0) is 38.3 Å². The lowest BCUT2D eigenvalue weighted by Gasteiger charge is -2.35. The summed E-state index contributed by atoms with van der Waals surface area (Å²) in [6, 6.07) is 7.35. The molecular weight excluding hydrogens is 266 g/mol. The summed E-state index contributed by atoms with van der Waals surface area (Å²) < 4.78 is 0. The summed E-state index contributed by atoms with van der Waals surface area (Å²) in [7, 11) is 0. The lowest BCUT2D eigenvalue weighted by atomic mass is 10.1. The fourth-order valence-corrected chi connectivity index (χ4v) is 3.02. The highest BCUT2D eigenvalue weighted by atomic mass is 16.2. The van der Waals surface area contributed by atoms with E-state index < -0.39 is 0 Å². The number of anilines is 2. The SMILES string of the molecule is CC1Nc2ccccc2N(CC(=O)N2CCCCC2)C1=O. The largest absolute Gasteiger partial charge is 0.372 e. The first kappa shape index (κ1) is 13.9. The van der Waals surface area contributed by atoms with Crippen LogP contribution < -0.4 is 10.2 Å². The van der Waals surface area contributed by atoms with Gasteiger partial charge in [-0.1, -0.05) is 12.1 Å². The minimum Gasteiger partial charge on any atom is -0.372 e. The predicted octanol–water partition coefficient (Wildman–Crippen LogP) is 1.85. The maximum atomic E-state index is 12.4. The Balaban J connectivity index is 1.80. The van der Waals surface area contributed by atoms with Crippen LogP contribution in [0, 0.1) is 0 Å². The van der Waals surface area contributed by atoms with Gasteiger partial charge in [0.25, 0.3) is 0 Å². The van der Waals surface area contributed by atoms with E-state index in [0.717, 1.165) is 37.3 Å². The van der Waals surface area contributed by atoms with Crippen molar-refractivity contribution in [3.05, 3.63) is 24.3 Å². The highest BCUT2D eigenvalue weighted by Gasteiger charge is 2.31. The average molecular weight is 287 g/mol. The van der Waals surface area contributed by atoms with Crippen LogP contribution in [0.15, 0.2) is 24.3 Å². The molecule has 112 valence electrons. The number of nitrogens with zero attached hydrogens (tertiary/aromatic N) is 2. The zero-order valence-corrected chi connectivity index (χ0v) is 12.3. The number of para-hydroxylation sites is 2. The summed E-state index contributed by atoms with van der Waals surface area (Å²) in [5.74, 6) is 0.00557. The predicted molar refractivity (Wildman–Crippen MR) is 82.3 cm³/mol. The molecule has 0 aromatic heterocycles. The normalized spacial score (nSPS) is 21.8. The first-order valence-corrected chi connectivity index (χ1v) is 7.61. The van der Waals surface area contributed by atoms with E-state index in [9.17, 15) is 9.59 Å². The molecule has 1 aromatic rings. The van der Waals surface area contributed by atoms with Crippen molar-refractivity contribution >= 4 is 23.2 Å². The number of hydrogen-bond donors (Lipinski definition) is 1. The molecule has 5 heteroatoms. The van der Waals surface area contributed by atoms with Crippen molar-refractivity contribution in [2.75, 3.05) is 29.9 Å². The Bertz CT molecular complexity index is 552. The van der Waals surface area contributed by atoms with E-state index in [2.05, 4.69) is 5.32 Å². The molecule has 5 nitrogen and oxygen atoms in total. The second-order valence-electron chi connectivity index (χ2n) is 5.75. The molecule has 1 atom stereocenters. The third kappa shape index (κ3) is 2.73. The number of piperidine rings is 1. The summed E-state index contributed by atoms with van der Waals surface area (Å²) in [6.45, 7) is 3.60. The Kier molecular flexibility index (Phi) is 3.82. The Hall–Kier alpha value is -2.04. The molecule has 0 bridgehead atoms. The number of carbonyl (C=O) groups excluding carboxylic acids is 2. The number of carbonyl (C=O) groups is 2. The standard InChI is InChI=1S/C16H21N3O2/c1-12-16(21)19(14-8-4-3-7-13(14)17-12)11-15(20)18-9-5-2-6-10-18/h3-4,7-8,12,17H,2,5-6,9-11H2,1H3. The molecule has 0 radical (unpaired) electrons. The van der Waals surface area contributed by atoms with Crippen molar-refractivity contribution in [3.63, 3.8) is 0 Å². The fourth-order valence-electron chi connectivity index (χ4n) is 3.02. The summed E-state index contributed by atoms with van der Waals surface area (Å²) in [6.07, 6.45) is 3.32. The van der Waals surface area contributed by atoms with Crippen molar-refractivity contribution in [2.45, 2.75) is 32.2 Å². The number of fused-ring (bicyclic) bond motifs is 1. The van der Waals surface area contributed by atoms with E-state index in [1.807, 2.05) is 36.1 Å². The number of hydrogen-bond acceptors (Lipinski definition) is 3.